The van der Waals surface area contributed by atoms with Crippen molar-refractivity contribution < 1.29 is 17.9 Å². The van der Waals surface area contributed by atoms with Crippen LogP contribution in [0.4, 0.5) is 4.79 Å². The largest absolute Gasteiger partial charge is 0.444 e. The molecule has 2 rings (SSSR count). The average molecular weight is 319 g/mol. The fraction of sp³-hybridized carbons (Fsp3) is 0.923. The first kappa shape index (κ1) is 16.5. The van der Waals surface area contributed by atoms with Crippen molar-refractivity contribution in [2.24, 2.45) is 10.6 Å². The van der Waals surface area contributed by atoms with Gasteiger partial charge in [0.1, 0.15) is 5.60 Å². The Labute approximate surface area is 126 Å². The van der Waals surface area contributed by atoms with Gasteiger partial charge >= 0.3 is 6.09 Å². The molecular weight excluding hydrogens is 294 g/mol. The van der Waals surface area contributed by atoms with E-state index in [-0.39, 0.29) is 17.6 Å². The SMILES string of the molecule is CC(C)(C)OC(=O)N1CC2(CCC(NS(N)(=O)=O)CC2)C1. The Morgan fingerprint density at radius 2 is 1.81 bits per heavy atom. The van der Waals surface area contributed by atoms with Gasteiger partial charge in [-0.05, 0) is 46.5 Å². The molecule has 7 nitrogen and oxygen atoms in total. The van der Waals surface area contributed by atoms with Gasteiger partial charge in [0.15, 0.2) is 0 Å². The Kier molecular flexibility index (Phi) is 4.25. The van der Waals surface area contributed by atoms with Gasteiger partial charge in [-0.1, -0.05) is 0 Å². The van der Waals surface area contributed by atoms with Crippen molar-refractivity contribution in [2.75, 3.05) is 13.1 Å². The van der Waals surface area contributed by atoms with Crippen molar-refractivity contribution in [3.8, 4) is 0 Å². The smallest absolute Gasteiger partial charge is 0.410 e. The highest BCUT2D eigenvalue weighted by Crippen LogP contribution is 2.44. The number of likely N-dealkylation sites (tertiary alicyclic amines) is 1. The summed E-state index contributed by atoms with van der Waals surface area (Å²) in [7, 11) is -3.63. The van der Waals surface area contributed by atoms with Crippen LogP contribution >= 0.6 is 0 Å². The Hall–Kier alpha value is -0.860. The molecule has 0 unspecified atom stereocenters. The zero-order chi connectivity index (χ0) is 15.9. The number of amides is 1. The van der Waals surface area contributed by atoms with Gasteiger partial charge in [0.25, 0.3) is 10.2 Å². The van der Waals surface area contributed by atoms with Crippen LogP contribution in [0.25, 0.3) is 0 Å². The van der Waals surface area contributed by atoms with E-state index in [1.807, 2.05) is 20.8 Å². The summed E-state index contributed by atoms with van der Waals surface area (Å²) < 4.78 is 29.8. The first-order chi connectivity index (χ1) is 9.48. The van der Waals surface area contributed by atoms with Gasteiger partial charge in [0, 0.05) is 24.5 Å². The van der Waals surface area contributed by atoms with Crippen molar-refractivity contribution in [1.29, 1.82) is 0 Å². The van der Waals surface area contributed by atoms with E-state index in [4.69, 9.17) is 9.88 Å². The number of carbonyl (C=O) groups excluding carboxylic acids is 1. The molecule has 1 saturated carbocycles. The molecule has 1 spiro atoms. The molecular formula is C13H25N3O4S. The van der Waals surface area contributed by atoms with Gasteiger partial charge in [-0.2, -0.15) is 13.1 Å². The van der Waals surface area contributed by atoms with Gasteiger partial charge in [-0.25, -0.2) is 9.93 Å². The Morgan fingerprint density at radius 1 is 1.29 bits per heavy atom. The van der Waals surface area contributed by atoms with Crippen LogP contribution in [0.3, 0.4) is 0 Å². The number of hydrogen-bond donors (Lipinski definition) is 2. The molecule has 0 aromatic rings. The summed E-state index contributed by atoms with van der Waals surface area (Å²) in [5.74, 6) is 0. The van der Waals surface area contributed by atoms with E-state index in [2.05, 4.69) is 4.72 Å². The predicted molar refractivity (Wildman–Crippen MR) is 78.7 cm³/mol. The molecule has 1 aliphatic carbocycles. The molecule has 1 aliphatic heterocycles. The van der Waals surface area contributed by atoms with Crippen LogP contribution in [0.15, 0.2) is 0 Å². The first-order valence-corrected chi connectivity index (χ1v) is 8.81. The van der Waals surface area contributed by atoms with Gasteiger partial charge in [0.05, 0.1) is 0 Å². The van der Waals surface area contributed by atoms with Crippen LogP contribution in [-0.4, -0.2) is 44.1 Å². The second kappa shape index (κ2) is 5.40. The highest BCUT2D eigenvalue weighted by Gasteiger charge is 2.48. The van der Waals surface area contributed by atoms with E-state index in [0.717, 1.165) is 25.7 Å². The second-order valence-electron chi connectivity index (χ2n) is 7.27. The van der Waals surface area contributed by atoms with Crippen LogP contribution < -0.4 is 9.86 Å². The third-order valence-electron chi connectivity index (χ3n) is 4.08. The molecule has 2 fully saturated rings. The highest BCUT2D eigenvalue weighted by atomic mass is 32.2. The summed E-state index contributed by atoms with van der Waals surface area (Å²) in [6, 6.07) is -0.0822. The lowest BCUT2D eigenvalue weighted by molar-refractivity contribution is -0.0508. The monoisotopic (exact) mass is 319 g/mol. The van der Waals surface area contributed by atoms with Crippen LogP contribution in [0, 0.1) is 5.41 Å². The van der Waals surface area contributed by atoms with Crippen LogP contribution in [0.5, 0.6) is 0 Å². The predicted octanol–water partition coefficient (Wildman–Crippen LogP) is 0.959. The minimum absolute atomic E-state index is 0.0822. The Morgan fingerprint density at radius 3 is 2.24 bits per heavy atom. The number of nitrogens with zero attached hydrogens (tertiary/aromatic N) is 1. The molecule has 122 valence electrons. The minimum Gasteiger partial charge on any atom is -0.444 e. The fourth-order valence-corrected chi connectivity index (χ4v) is 3.82. The quantitative estimate of drug-likeness (QED) is 0.791. The van der Waals surface area contributed by atoms with Gasteiger partial charge in [-0.3, -0.25) is 0 Å². The van der Waals surface area contributed by atoms with Crippen molar-refractivity contribution in [3.63, 3.8) is 0 Å². The minimum atomic E-state index is -3.63. The van der Waals surface area contributed by atoms with Crippen molar-refractivity contribution >= 4 is 16.3 Å². The molecule has 3 N–H and O–H groups in total. The molecule has 0 atom stereocenters. The van der Waals surface area contributed by atoms with E-state index >= 15 is 0 Å². The van der Waals surface area contributed by atoms with E-state index in [9.17, 15) is 13.2 Å². The third-order valence-corrected chi connectivity index (χ3v) is 4.74. The number of carbonyl (C=O) groups is 1. The fourth-order valence-electron chi connectivity index (χ4n) is 3.12. The van der Waals surface area contributed by atoms with Crippen molar-refractivity contribution in [3.05, 3.63) is 0 Å². The van der Waals surface area contributed by atoms with Crippen molar-refractivity contribution in [2.45, 2.75) is 58.1 Å². The molecule has 0 bridgehead atoms. The lowest BCUT2D eigenvalue weighted by atomic mass is 9.68. The van der Waals surface area contributed by atoms with E-state index in [1.165, 1.54) is 0 Å². The molecule has 8 heteroatoms. The van der Waals surface area contributed by atoms with E-state index < -0.39 is 15.8 Å². The zero-order valence-corrected chi connectivity index (χ0v) is 13.7. The maximum atomic E-state index is 11.9. The van der Waals surface area contributed by atoms with Crippen LogP contribution in [-0.2, 0) is 14.9 Å². The molecule has 0 aromatic carbocycles. The summed E-state index contributed by atoms with van der Waals surface area (Å²) in [4.78, 5) is 13.6. The number of ether oxygens (including phenoxy) is 1. The van der Waals surface area contributed by atoms with Crippen molar-refractivity contribution in [1.82, 2.24) is 9.62 Å². The van der Waals surface area contributed by atoms with Gasteiger partial charge in [-0.15, -0.1) is 0 Å². The summed E-state index contributed by atoms with van der Waals surface area (Å²) in [5.41, 5.74) is -0.343. The summed E-state index contributed by atoms with van der Waals surface area (Å²) in [6.45, 7) is 6.95. The topological polar surface area (TPSA) is 102 Å². The maximum Gasteiger partial charge on any atom is 0.410 e. The molecule has 21 heavy (non-hydrogen) atoms. The second-order valence-corrected chi connectivity index (χ2v) is 8.60. The summed E-state index contributed by atoms with van der Waals surface area (Å²) >= 11 is 0. The van der Waals surface area contributed by atoms with Crippen LogP contribution in [0.1, 0.15) is 46.5 Å². The average Bonchev–Trinajstić information content (AvgIpc) is 2.22. The first-order valence-electron chi connectivity index (χ1n) is 7.26. The van der Waals surface area contributed by atoms with Gasteiger partial charge < -0.3 is 9.64 Å². The van der Waals surface area contributed by atoms with E-state index in [0.29, 0.717) is 13.1 Å². The summed E-state index contributed by atoms with van der Waals surface area (Å²) in [6.07, 6.45) is 3.06. The third kappa shape index (κ3) is 4.55. The molecule has 2 aliphatic rings. The number of nitrogens with two attached hydrogens (primary N) is 1. The zero-order valence-electron chi connectivity index (χ0n) is 12.9. The number of nitrogens with one attached hydrogen (secondary N) is 1. The normalized spacial score (nSPS) is 23.0. The Balaban J connectivity index is 1.78. The van der Waals surface area contributed by atoms with E-state index in [1.54, 1.807) is 4.90 Å². The van der Waals surface area contributed by atoms with Gasteiger partial charge in [0.2, 0.25) is 0 Å². The molecule has 1 amide bonds. The van der Waals surface area contributed by atoms with Crippen LogP contribution in [0.2, 0.25) is 0 Å². The molecule has 0 aromatic heterocycles. The maximum absolute atomic E-state index is 11.9. The molecule has 0 radical (unpaired) electrons. The Bertz CT molecular complexity index is 496. The molecule has 1 heterocycles. The number of rotatable bonds is 2. The highest BCUT2D eigenvalue weighted by molar-refractivity contribution is 7.87. The lowest BCUT2D eigenvalue weighted by Crippen LogP contribution is -2.61. The lowest BCUT2D eigenvalue weighted by Gasteiger charge is -2.53. The summed E-state index contributed by atoms with van der Waals surface area (Å²) in [5, 5.41) is 4.99. The number of hydrogen-bond acceptors (Lipinski definition) is 4. The standard InChI is InChI=1S/C13H25N3O4S/c1-12(2,3)20-11(17)16-8-13(9-16)6-4-10(5-7-13)15-21(14,18)19/h10,15H,4-9H2,1-3H3,(H2,14,18,19). The molecule has 1 saturated heterocycles.